The summed E-state index contributed by atoms with van der Waals surface area (Å²) in [5.74, 6) is 0. The lowest BCUT2D eigenvalue weighted by Gasteiger charge is -2.16. The van der Waals surface area contributed by atoms with Crippen molar-refractivity contribution in [3.63, 3.8) is 0 Å². The molecule has 0 aliphatic carbocycles. The molecule has 0 saturated carbocycles. The summed E-state index contributed by atoms with van der Waals surface area (Å²) in [6.45, 7) is 2.90. The number of imidazole rings is 1. The van der Waals surface area contributed by atoms with Crippen molar-refractivity contribution in [2.45, 2.75) is 13.0 Å². The third-order valence-corrected chi connectivity index (χ3v) is 3.16. The molecule has 0 aliphatic heterocycles. The van der Waals surface area contributed by atoms with Gasteiger partial charge in [-0.05, 0) is 30.3 Å². The monoisotopic (exact) mass is 257 g/mol. The van der Waals surface area contributed by atoms with Gasteiger partial charge in [-0.3, -0.25) is 0 Å². The fourth-order valence-corrected chi connectivity index (χ4v) is 2.30. The number of rotatable bonds is 4. The SMILES string of the molecule is CCNC(c1ccoc1)c1ccc2[nH]c(=O)[nH]c2c1. The number of hydrogen-bond acceptors (Lipinski definition) is 3. The number of aromatic nitrogens is 2. The van der Waals surface area contributed by atoms with E-state index in [1.807, 2.05) is 24.3 Å². The summed E-state index contributed by atoms with van der Waals surface area (Å²) in [5, 5.41) is 3.41. The Morgan fingerprint density at radius 2 is 2.05 bits per heavy atom. The quantitative estimate of drug-likeness (QED) is 0.670. The highest BCUT2D eigenvalue weighted by molar-refractivity contribution is 5.75. The molecule has 3 rings (SSSR count). The third-order valence-electron chi connectivity index (χ3n) is 3.16. The molecule has 0 spiro atoms. The standard InChI is InChI=1S/C14H15N3O2/c1-2-15-13(10-5-6-19-8-10)9-3-4-11-12(7-9)17-14(18)16-11/h3-8,13,15H,2H2,1H3,(H2,16,17,18). The van der Waals surface area contributed by atoms with Crippen LogP contribution in [-0.4, -0.2) is 16.5 Å². The first kappa shape index (κ1) is 11.8. The first-order valence-electron chi connectivity index (χ1n) is 6.25. The second-order valence-electron chi connectivity index (χ2n) is 4.43. The molecule has 0 amide bonds. The topological polar surface area (TPSA) is 73.8 Å². The highest BCUT2D eigenvalue weighted by Crippen LogP contribution is 2.24. The normalized spacial score (nSPS) is 12.9. The zero-order valence-electron chi connectivity index (χ0n) is 10.6. The molecule has 5 heteroatoms. The van der Waals surface area contributed by atoms with Crippen LogP contribution >= 0.6 is 0 Å². The molecule has 2 heterocycles. The Morgan fingerprint density at radius 1 is 1.21 bits per heavy atom. The highest BCUT2D eigenvalue weighted by Gasteiger charge is 2.14. The van der Waals surface area contributed by atoms with Gasteiger partial charge < -0.3 is 19.7 Å². The van der Waals surface area contributed by atoms with E-state index in [0.717, 1.165) is 28.7 Å². The average molecular weight is 257 g/mol. The van der Waals surface area contributed by atoms with Crippen molar-refractivity contribution in [2.24, 2.45) is 0 Å². The number of fused-ring (bicyclic) bond motifs is 1. The minimum absolute atomic E-state index is 0.0616. The van der Waals surface area contributed by atoms with Gasteiger partial charge in [0.05, 0.1) is 29.6 Å². The molecule has 3 aromatic rings. The fourth-order valence-electron chi connectivity index (χ4n) is 2.30. The van der Waals surface area contributed by atoms with E-state index in [1.54, 1.807) is 12.5 Å². The first-order valence-corrected chi connectivity index (χ1v) is 6.25. The summed E-state index contributed by atoms with van der Waals surface area (Å²) < 4.78 is 5.15. The van der Waals surface area contributed by atoms with Gasteiger partial charge in [0.2, 0.25) is 0 Å². The maximum absolute atomic E-state index is 11.3. The molecule has 98 valence electrons. The maximum atomic E-state index is 11.3. The summed E-state index contributed by atoms with van der Waals surface area (Å²) >= 11 is 0. The molecule has 19 heavy (non-hydrogen) atoms. The maximum Gasteiger partial charge on any atom is 0.323 e. The lowest BCUT2D eigenvalue weighted by atomic mass is 10.0. The molecule has 1 aromatic carbocycles. The molecular formula is C14H15N3O2. The Hall–Kier alpha value is -2.27. The highest BCUT2D eigenvalue weighted by atomic mass is 16.3. The summed E-state index contributed by atoms with van der Waals surface area (Å²) in [6.07, 6.45) is 3.40. The van der Waals surface area contributed by atoms with Crippen molar-refractivity contribution in [3.8, 4) is 0 Å². The van der Waals surface area contributed by atoms with Gasteiger partial charge in [0.25, 0.3) is 0 Å². The smallest absolute Gasteiger partial charge is 0.323 e. The number of H-pyrrole nitrogens is 2. The van der Waals surface area contributed by atoms with E-state index in [2.05, 4.69) is 22.2 Å². The fraction of sp³-hybridized carbons (Fsp3) is 0.214. The van der Waals surface area contributed by atoms with Crippen molar-refractivity contribution in [1.82, 2.24) is 15.3 Å². The van der Waals surface area contributed by atoms with Crippen LogP contribution in [0.15, 0.2) is 46.0 Å². The van der Waals surface area contributed by atoms with Crippen LogP contribution in [0, 0.1) is 0 Å². The number of hydrogen-bond donors (Lipinski definition) is 3. The van der Waals surface area contributed by atoms with Crippen molar-refractivity contribution in [3.05, 3.63) is 58.4 Å². The molecule has 0 fully saturated rings. The Morgan fingerprint density at radius 3 is 2.79 bits per heavy atom. The Bertz CT molecular complexity index is 725. The van der Waals surface area contributed by atoms with Gasteiger partial charge >= 0.3 is 5.69 Å². The number of benzene rings is 1. The largest absolute Gasteiger partial charge is 0.472 e. The van der Waals surface area contributed by atoms with E-state index in [1.165, 1.54) is 0 Å². The summed E-state index contributed by atoms with van der Waals surface area (Å²) in [6, 6.07) is 7.90. The van der Waals surface area contributed by atoms with Gasteiger partial charge in [-0.15, -0.1) is 0 Å². The van der Waals surface area contributed by atoms with E-state index in [9.17, 15) is 4.79 Å². The molecule has 0 bridgehead atoms. The molecule has 0 radical (unpaired) electrons. The predicted octanol–water partition coefficient (Wildman–Crippen LogP) is 2.15. The summed E-state index contributed by atoms with van der Waals surface area (Å²) in [4.78, 5) is 16.8. The van der Waals surface area contributed by atoms with Gasteiger partial charge in [-0.1, -0.05) is 13.0 Å². The van der Waals surface area contributed by atoms with Gasteiger partial charge in [-0.2, -0.15) is 0 Å². The van der Waals surface area contributed by atoms with E-state index >= 15 is 0 Å². The van der Waals surface area contributed by atoms with Crippen LogP contribution in [0.2, 0.25) is 0 Å². The second-order valence-corrected chi connectivity index (χ2v) is 4.43. The lowest BCUT2D eigenvalue weighted by molar-refractivity contribution is 0.553. The molecule has 5 nitrogen and oxygen atoms in total. The summed E-state index contributed by atoms with van der Waals surface area (Å²) in [5.41, 5.74) is 3.60. The first-order chi connectivity index (χ1) is 9.28. The van der Waals surface area contributed by atoms with Crippen LogP contribution in [0.25, 0.3) is 11.0 Å². The Balaban J connectivity index is 2.06. The number of nitrogens with one attached hydrogen (secondary N) is 3. The molecule has 3 N–H and O–H groups in total. The van der Waals surface area contributed by atoms with Gasteiger partial charge in [0, 0.05) is 5.56 Å². The van der Waals surface area contributed by atoms with Gasteiger partial charge in [0.1, 0.15) is 0 Å². The van der Waals surface area contributed by atoms with Gasteiger partial charge in [0.15, 0.2) is 0 Å². The van der Waals surface area contributed by atoms with E-state index in [-0.39, 0.29) is 11.7 Å². The van der Waals surface area contributed by atoms with Crippen LogP contribution in [0.4, 0.5) is 0 Å². The third kappa shape index (κ3) is 2.20. The van der Waals surface area contributed by atoms with Crippen LogP contribution in [0.5, 0.6) is 0 Å². The lowest BCUT2D eigenvalue weighted by Crippen LogP contribution is -2.21. The Kier molecular flexibility index (Phi) is 2.97. The summed E-state index contributed by atoms with van der Waals surface area (Å²) in [7, 11) is 0. The van der Waals surface area contributed by atoms with Crippen molar-refractivity contribution in [1.29, 1.82) is 0 Å². The zero-order valence-corrected chi connectivity index (χ0v) is 10.6. The molecule has 1 unspecified atom stereocenters. The minimum atomic E-state index is -0.185. The van der Waals surface area contributed by atoms with E-state index in [0.29, 0.717) is 0 Å². The van der Waals surface area contributed by atoms with Crippen LogP contribution < -0.4 is 11.0 Å². The van der Waals surface area contributed by atoms with Crippen LogP contribution in [-0.2, 0) is 0 Å². The van der Waals surface area contributed by atoms with Crippen molar-refractivity contribution in [2.75, 3.05) is 6.54 Å². The van der Waals surface area contributed by atoms with E-state index in [4.69, 9.17) is 4.42 Å². The van der Waals surface area contributed by atoms with Crippen molar-refractivity contribution >= 4 is 11.0 Å². The average Bonchev–Trinajstić information content (AvgIpc) is 3.02. The Labute approximate surface area is 109 Å². The predicted molar refractivity (Wildman–Crippen MR) is 73.1 cm³/mol. The van der Waals surface area contributed by atoms with Crippen molar-refractivity contribution < 1.29 is 4.42 Å². The van der Waals surface area contributed by atoms with Crippen LogP contribution in [0.3, 0.4) is 0 Å². The molecule has 0 aliphatic rings. The van der Waals surface area contributed by atoms with E-state index < -0.39 is 0 Å². The number of furan rings is 1. The molecule has 1 atom stereocenters. The van der Waals surface area contributed by atoms with Crippen LogP contribution in [0.1, 0.15) is 24.1 Å². The molecular weight excluding hydrogens is 242 g/mol. The zero-order chi connectivity index (χ0) is 13.2. The van der Waals surface area contributed by atoms with Gasteiger partial charge in [-0.25, -0.2) is 4.79 Å². The molecule has 0 saturated heterocycles. The second kappa shape index (κ2) is 4.78. The minimum Gasteiger partial charge on any atom is -0.472 e. The molecule has 2 aromatic heterocycles. The number of aromatic amines is 2.